The van der Waals surface area contributed by atoms with Crippen LogP contribution in [0.4, 0.5) is 8.78 Å². The Hall–Kier alpha value is -2.38. The number of fused-ring (bicyclic) bond motifs is 1. The molecule has 1 unspecified atom stereocenters. The maximum absolute atomic E-state index is 13.1. The van der Waals surface area contributed by atoms with Gasteiger partial charge in [0.15, 0.2) is 17.2 Å². The van der Waals surface area contributed by atoms with Gasteiger partial charge in [0.1, 0.15) is 5.69 Å². The summed E-state index contributed by atoms with van der Waals surface area (Å²) in [5.74, 6) is 1.13. The van der Waals surface area contributed by atoms with Gasteiger partial charge < -0.3 is 4.52 Å². The van der Waals surface area contributed by atoms with Crippen LogP contribution in [0.3, 0.4) is 0 Å². The van der Waals surface area contributed by atoms with E-state index in [-0.39, 0.29) is 22.9 Å². The van der Waals surface area contributed by atoms with E-state index in [2.05, 4.69) is 34.1 Å². The predicted octanol–water partition coefficient (Wildman–Crippen LogP) is 4.01. The molecule has 3 aromatic heterocycles. The first-order valence-electron chi connectivity index (χ1n) is 7.92. The van der Waals surface area contributed by atoms with E-state index in [1.165, 1.54) is 12.3 Å². The number of rotatable bonds is 3. The smallest absolute Gasteiger partial charge is 0.280 e. The number of hydrogen-bond acceptors (Lipinski definition) is 5. The molecule has 3 heterocycles. The second kappa shape index (κ2) is 5.32. The summed E-state index contributed by atoms with van der Waals surface area (Å²) in [4.78, 5) is 8.51. The highest BCUT2D eigenvalue weighted by Crippen LogP contribution is 2.48. The topological polar surface area (TPSA) is 69.1 Å². The Morgan fingerprint density at radius 3 is 2.92 bits per heavy atom. The van der Waals surface area contributed by atoms with Crippen molar-refractivity contribution in [1.29, 1.82) is 0 Å². The highest BCUT2D eigenvalue weighted by Gasteiger charge is 2.38. The van der Waals surface area contributed by atoms with Gasteiger partial charge in [0.2, 0.25) is 0 Å². The van der Waals surface area contributed by atoms with Crippen molar-refractivity contribution >= 4 is 5.65 Å². The van der Waals surface area contributed by atoms with E-state index in [0.29, 0.717) is 17.2 Å². The average molecular weight is 333 g/mol. The summed E-state index contributed by atoms with van der Waals surface area (Å²) in [5.41, 5.74) is 0.585. The van der Waals surface area contributed by atoms with Crippen LogP contribution in [0, 0.1) is 5.41 Å². The molecular weight excluding hydrogens is 316 g/mol. The molecule has 1 fully saturated rings. The predicted molar refractivity (Wildman–Crippen MR) is 81.6 cm³/mol. The van der Waals surface area contributed by atoms with Crippen LogP contribution < -0.4 is 0 Å². The van der Waals surface area contributed by atoms with Gasteiger partial charge in [0, 0.05) is 18.2 Å². The fourth-order valence-corrected chi connectivity index (χ4v) is 3.47. The van der Waals surface area contributed by atoms with Crippen LogP contribution in [-0.4, -0.2) is 24.7 Å². The highest BCUT2D eigenvalue weighted by molar-refractivity contribution is 5.56. The Balaban J connectivity index is 1.72. The quantitative estimate of drug-likeness (QED) is 0.724. The molecule has 0 aliphatic heterocycles. The molecule has 0 amide bonds. The molecule has 0 radical (unpaired) electrons. The molecule has 1 aliphatic rings. The van der Waals surface area contributed by atoms with Crippen LogP contribution in [0.1, 0.15) is 57.0 Å². The summed E-state index contributed by atoms with van der Waals surface area (Å²) in [6, 6.07) is 2.82. The number of hydrogen-bond donors (Lipinski definition) is 0. The van der Waals surface area contributed by atoms with Crippen molar-refractivity contribution in [2.24, 2.45) is 5.41 Å². The molecule has 126 valence electrons. The van der Waals surface area contributed by atoms with Crippen molar-refractivity contribution in [3.8, 4) is 11.6 Å². The van der Waals surface area contributed by atoms with E-state index in [1.54, 1.807) is 6.07 Å². The molecule has 0 bridgehead atoms. The van der Waals surface area contributed by atoms with Gasteiger partial charge in [-0.05, 0) is 24.3 Å². The summed E-state index contributed by atoms with van der Waals surface area (Å²) in [5, 5.41) is 8.25. The van der Waals surface area contributed by atoms with Gasteiger partial charge in [0.05, 0.1) is 0 Å². The molecule has 8 heteroatoms. The number of aromatic nitrogens is 5. The van der Waals surface area contributed by atoms with E-state index in [0.717, 1.165) is 23.8 Å². The van der Waals surface area contributed by atoms with E-state index in [1.807, 2.05) is 0 Å². The number of nitrogens with zero attached hydrogens (tertiary/aromatic N) is 5. The molecule has 0 spiro atoms. The molecule has 0 saturated heterocycles. The molecule has 1 atom stereocenters. The highest BCUT2D eigenvalue weighted by atomic mass is 19.3. The molecule has 1 saturated carbocycles. The zero-order chi connectivity index (χ0) is 16.9. The lowest BCUT2D eigenvalue weighted by atomic mass is 9.81. The Morgan fingerprint density at radius 2 is 2.21 bits per heavy atom. The Labute approximate surface area is 136 Å². The first kappa shape index (κ1) is 15.2. The summed E-state index contributed by atoms with van der Waals surface area (Å²) < 4.78 is 32.6. The van der Waals surface area contributed by atoms with Gasteiger partial charge in [-0.1, -0.05) is 25.4 Å². The van der Waals surface area contributed by atoms with Gasteiger partial charge in [-0.3, -0.25) is 0 Å². The van der Waals surface area contributed by atoms with E-state index < -0.39 is 6.43 Å². The third kappa shape index (κ3) is 2.37. The molecule has 24 heavy (non-hydrogen) atoms. The summed E-state index contributed by atoms with van der Waals surface area (Å²) in [7, 11) is 0. The van der Waals surface area contributed by atoms with Crippen molar-refractivity contribution in [3.63, 3.8) is 0 Å². The standard InChI is InChI=1S/C16H17F2N5O/c1-16(2)6-3-4-9(16)14-20-15(24-22-14)10-8-12-19-7-5-11(13(17)18)23(12)21-10/h5,7-9,13H,3-4,6H2,1-2H3. The zero-order valence-electron chi connectivity index (χ0n) is 13.4. The van der Waals surface area contributed by atoms with Crippen molar-refractivity contribution < 1.29 is 13.3 Å². The van der Waals surface area contributed by atoms with E-state index >= 15 is 0 Å². The Morgan fingerprint density at radius 1 is 1.38 bits per heavy atom. The van der Waals surface area contributed by atoms with Crippen LogP contribution in [-0.2, 0) is 0 Å². The molecular formula is C16H17F2N5O. The van der Waals surface area contributed by atoms with Crippen molar-refractivity contribution in [1.82, 2.24) is 24.7 Å². The van der Waals surface area contributed by atoms with E-state index in [4.69, 9.17) is 4.52 Å². The first-order chi connectivity index (χ1) is 11.5. The SMILES string of the molecule is CC1(C)CCCC1c1noc(-c2cc3nccc(C(F)F)n3n2)n1. The second-order valence-electron chi connectivity index (χ2n) is 6.86. The molecule has 4 rings (SSSR count). The van der Waals surface area contributed by atoms with Crippen LogP contribution in [0.5, 0.6) is 0 Å². The van der Waals surface area contributed by atoms with Crippen LogP contribution in [0.25, 0.3) is 17.2 Å². The van der Waals surface area contributed by atoms with E-state index in [9.17, 15) is 8.78 Å². The maximum atomic E-state index is 13.1. The van der Waals surface area contributed by atoms with Gasteiger partial charge in [0.25, 0.3) is 12.3 Å². The van der Waals surface area contributed by atoms with Gasteiger partial charge in [-0.25, -0.2) is 18.3 Å². The minimum atomic E-state index is -2.64. The molecule has 0 N–H and O–H groups in total. The molecule has 0 aromatic carbocycles. The lowest BCUT2D eigenvalue weighted by Gasteiger charge is -2.23. The number of halogens is 2. The normalized spacial score (nSPS) is 20.3. The lowest BCUT2D eigenvalue weighted by Crippen LogP contribution is -2.16. The summed E-state index contributed by atoms with van der Waals surface area (Å²) in [6.07, 6.45) is 1.98. The lowest BCUT2D eigenvalue weighted by molar-refractivity contribution is 0.143. The number of alkyl halides is 2. The largest absolute Gasteiger partial charge is 0.332 e. The average Bonchev–Trinajstić information content (AvgIpc) is 3.22. The van der Waals surface area contributed by atoms with Gasteiger partial charge in [-0.15, -0.1) is 0 Å². The minimum Gasteiger partial charge on any atom is -0.332 e. The summed E-state index contributed by atoms with van der Waals surface area (Å²) >= 11 is 0. The third-order valence-electron chi connectivity index (χ3n) is 4.84. The zero-order valence-corrected chi connectivity index (χ0v) is 13.4. The second-order valence-corrected chi connectivity index (χ2v) is 6.86. The van der Waals surface area contributed by atoms with Crippen LogP contribution >= 0.6 is 0 Å². The van der Waals surface area contributed by atoms with Crippen molar-refractivity contribution in [3.05, 3.63) is 29.8 Å². The fourth-order valence-electron chi connectivity index (χ4n) is 3.47. The van der Waals surface area contributed by atoms with Crippen LogP contribution in [0.15, 0.2) is 22.9 Å². The molecule has 3 aromatic rings. The van der Waals surface area contributed by atoms with Crippen molar-refractivity contribution in [2.75, 3.05) is 0 Å². The van der Waals surface area contributed by atoms with Gasteiger partial charge in [-0.2, -0.15) is 10.1 Å². The van der Waals surface area contributed by atoms with Gasteiger partial charge >= 0.3 is 0 Å². The fraction of sp³-hybridized carbons (Fsp3) is 0.500. The Kier molecular flexibility index (Phi) is 3.36. The third-order valence-corrected chi connectivity index (χ3v) is 4.84. The maximum Gasteiger partial charge on any atom is 0.280 e. The minimum absolute atomic E-state index is 0.129. The van der Waals surface area contributed by atoms with Crippen molar-refractivity contribution in [2.45, 2.75) is 45.5 Å². The van der Waals surface area contributed by atoms with Crippen LogP contribution in [0.2, 0.25) is 0 Å². The first-order valence-corrected chi connectivity index (χ1v) is 7.92. The monoisotopic (exact) mass is 333 g/mol. The molecule has 6 nitrogen and oxygen atoms in total. The molecule has 1 aliphatic carbocycles. The Bertz CT molecular complexity index is 886. The summed E-state index contributed by atoms with van der Waals surface area (Å²) in [6.45, 7) is 4.40.